The summed E-state index contributed by atoms with van der Waals surface area (Å²) in [5, 5.41) is -0.473. The first-order valence-electron chi connectivity index (χ1n) is 4.35. The lowest BCUT2D eigenvalue weighted by molar-refractivity contribution is -0.137. The molecule has 4 nitrogen and oxygen atoms in total. The first-order valence-corrected chi connectivity index (χ1v) is 5.79. The Hall–Kier alpha value is -1.54. The van der Waals surface area contributed by atoms with Crippen molar-refractivity contribution in [3.8, 4) is 0 Å². The van der Waals surface area contributed by atoms with Gasteiger partial charge in [-0.15, -0.1) is 0 Å². The van der Waals surface area contributed by atoms with Crippen molar-refractivity contribution in [1.29, 1.82) is 0 Å². The van der Waals surface area contributed by atoms with Crippen LogP contribution in [0.25, 0.3) is 10.9 Å². The van der Waals surface area contributed by atoms with E-state index in [4.69, 9.17) is 4.55 Å². The molecule has 0 aliphatic carbocycles. The van der Waals surface area contributed by atoms with Crippen LogP contribution in [-0.2, 0) is 16.3 Å². The molecule has 0 saturated carbocycles. The van der Waals surface area contributed by atoms with E-state index in [-0.39, 0.29) is 10.9 Å². The number of alkyl halides is 3. The average molecular weight is 265 g/mol. The van der Waals surface area contributed by atoms with Crippen molar-refractivity contribution in [1.82, 2.24) is 4.98 Å². The van der Waals surface area contributed by atoms with Gasteiger partial charge in [-0.3, -0.25) is 4.55 Å². The summed E-state index contributed by atoms with van der Waals surface area (Å²) in [5.74, 6) is 0. The lowest BCUT2D eigenvalue weighted by atomic mass is 10.1. The molecule has 0 aliphatic rings. The predicted molar refractivity (Wildman–Crippen MR) is 53.1 cm³/mol. The highest BCUT2D eigenvalue weighted by Gasteiger charge is 2.30. The summed E-state index contributed by atoms with van der Waals surface area (Å²) in [7, 11) is -4.45. The van der Waals surface area contributed by atoms with Crippen LogP contribution in [0.5, 0.6) is 0 Å². The number of aromatic amines is 1. The summed E-state index contributed by atoms with van der Waals surface area (Å²) < 4.78 is 67.4. The number of hydrogen-bond acceptors (Lipinski definition) is 2. The van der Waals surface area contributed by atoms with Crippen LogP contribution in [-0.4, -0.2) is 18.0 Å². The van der Waals surface area contributed by atoms with Gasteiger partial charge in [0.1, 0.15) is 0 Å². The van der Waals surface area contributed by atoms with Crippen molar-refractivity contribution in [2.24, 2.45) is 0 Å². The van der Waals surface area contributed by atoms with Gasteiger partial charge in [0, 0.05) is 10.9 Å². The summed E-state index contributed by atoms with van der Waals surface area (Å²) in [6.45, 7) is 0. The molecule has 1 aromatic carbocycles. The van der Waals surface area contributed by atoms with Gasteiger partial charge in [-0.25, -0.2) is 0 Å². The van der Waals surface area contributed by atoms with E-state index in [1.54, 1.807) is 0 Å². The molecule has 92 valence electrons. The fraction of sp³-hybridized carbons (Fsp3) is 0.111. The van der Waals surface area contributed by atoms with Gasteiger partial charge < -0.3 is 4.98 Å². The number of nitrogens with one attached hydrogen (secondary N) is 1. The Morgan fingerprint density at radius 3 is 2.35 bits per heavy atom. The first kappa shape index (κ1) is 11.9. The van der Waals surface area contributed by atoms with Gasteiger partial charge in [0.15, 0.2) is 5.03 Å². The SMILES string of the molecule is O=S(=O)(O)c1cc2cc(C(F)(F)F)ccc2[nH]1. The predicted octanol–water partition coefficient (Wildman–Crippen LogP) is 2.43. The highest BCUT2D eigenvalue weighted by molar-refractivity contribution is 7.85. The van der Waals surface area contributed by atoms with Crippen LogP contribution in [0, 0.1) is 0 Å². The molecular formula is C9H6F3NO3S. The van der Waals surface area contributed by atoms with Gasteiger partial charge in [-0.1, -0.05) is 0 Å². The summed E-state index contributed by atoms with van der Waals surface area (Å²) in [6, 6.07) is 3.68. The number of halogens is 3. The van der Waals surface area contributed by atoms with Crippen LogP contribution in [0.2, 0.25) is 0 Å². The van der Waals surface area contributed by atoms with Crippen LogP contribution >= 0.6 is 0 Å². The molecule has 0 spiro atoms. The zero-order chi connectivity index (χ0) is 12.8. The Morgan fingerprint density at radius 2 is 1.82 bits per heavy atom. The number of H-pyrrole nitrogens is 1. The third kappa shape index (κ3) is 2.27. The maximum absolute atomic E-state index is 12.4. The quantitative estimate of drug-likeness (QED) is 0.778. The maximum Gasteiger partial charge on any atom is 0.416 e. The third-order valence-electron chi connectivity index (χ3n) is 2.20. The Bertz CT molecular complexity index is 672. The highest BCUT2D eigenvalue weighted by Crippen LogP contribution is 2.31. The minimum atomic E-state index is -4.50. The molecule has 2 aromatic rings. The van der Waals surface area contributed by atoms with Gasteiger partial charge >= 0.3 is 16.3 Å². The number of aromatic nitrogens is 1. The van der Waals surface area contributed by atoms with E-state index in [1.807, 2.05) is 0 Å². The second-order valence-corrected chi connectivity index (χ2v) is 4.80. The summed E-state index contributed by atoms with van der Waals surface area (Å²) in [6.07, 6.45) is -4.50. The van der Waals surface area contributed by atoms with E-state index in [0.717, 1.165) is 24.3 Å². The van der Waals surface area contributed by atoms with E-state index in [1.165, 1.54) is 0 Å². The lowest BCUT2D eigenvalue weighted by Crippen LogP contribution is -2.03. The summed E-state index contributed by atoms with van der Waals surface area (Å²) in [4.78, 5) is 2.31. The highest BCUT2D eigenvalue weighted by atomic mass is 32.2. The molecule has 1 heterocycles. The summed E-state index contributed by atoms with van der Waals surface area (Å²) in [5.41, 5.74) is -0.684. The van der Waals surface area contributed by atoms with Crippen molar-refractivity contribution in [2.45, 2.75) is 11.2 Å². The van der Waals surface area contributed by atoms with Gasteiger partial charge in [0.2, 0.25) is 0 Å². The normalized spacial score (nSPS) is 13.2. The molecule has 0 atom stereocenters. The Morgan fingerprint density at radius 1 is 1.18 bits per heavy atom. The second kappa shape index (κ2) is 3.47. The standard InChI is InChI=1S/C9H6F3NO3S/c10-9(11,12)6-1-2-7-5(3-6)4-8(13-7)17(14,15)16/h1-4,13H,(H,14,15,16). The van der Waals surface area contributed by atoms with Crippen molar-refractivity contribution in [3.05, 3.63) is 29.8 Å². The fourth-order valence-corrected chi connectivity index (χ4v) is 1.94. The molecule has 0 bridgehead atoms. The van der Waals surface area contributed by atoms with Crippen molar-refractivity contribution < 1.29 is 26.1 Å². The van der Waals surface area contributed by atoms with Gasteiger partial charge in [0.05, 0.1) is 5.56 Å². The van der Waals surface area contributed by atoms with Crippen molar-refractivity contribution in [3.63, 3.8) is 0 Å². The van der Waals surface area contributed by atoms with E-state index < -0.39 is 26.9 Å². The maximum atomic E-state index is 12.4. The summed E-state index contributed by atoms with van der Waals surface area (Å²) >= 11 is 0. The molecular weight excluding hydrogens is 259 g/mol. The molecule has 0 saturated heterocycles. The molecule has 0 aliphatic heterocycles. The molecule has 0 unspecified atom stereocenters. The van der Waals surface area contributed by atoms with Crippen LogP contribution in [0.4, 0.5) is 13.2 Å². The van der Waals surface area contributed by atoms with E-state index in [9.17, 15) is 21.6 Å². The van der Waals surface area contributed by atoms with Crippen LogP contribution in [0.1, 0.15) is 5.56 Å². The minimum absolute atomic E-state index is 0.0625. The number of hydrogen-bond donors (Lipinski definition) is 2. The van der Waals surface area contributed by atoms with E-state index >= 15 is 0 Å². The average Bonchev–Trinajstić information content (AvgIpc) is 2.57. The Balaban J connectivity index is 2.64. The number of benzene rings is 1. The second-order valence-electron chi connectivity index (χ2n) is 3.41. The molecule has 0 radical (unpaired) electrons. The topological polar surface area (TPSA) is 70.2 Å². The molecule has 2 rings (SSSR count). The van der Waals surface area contributed by atoms with Crippen LogP contribution < -0.4 is 0 Å². The van der Waals surface area contributed by atoms with Crippen molar-refractivity contribution in [2.75, 3.05) is 0 Å². The Kier molecular flexibility index (Phi) is 2.44. The number of fused-ring (bicyclic) bond motifs is 1. The van der Waals surface area contributed by atoms with Crippen molar-refractivity contribution >= 4 is 21.0 Å². The zero-order valence-electron chi connectivity index (χ0n) is 8.12. The third-order valence-corrected chi connectivity index (χ3v) is 2.98. The van der Waals surface area contributed by atoms with Crippen LogP contribution in [0.3, 0.4) is 0 Å². The van der Waals surface area contributed by atoms with E-state index in [2.05, 4.69) is 4.98 Å². The van der Waals surface area contributed by atoms with E-state index in [0.29, 0.717) is 0 Å². The van der Waals surface area contributed by atoms with Gasteiger partial charge in [-0.05, 0) is 24.3 Å². The largest absolute Gasteiger partial charge is 0.416 e. The number of rotatable bonds is 1. The molecule has 17 heavy (non-hydrogen) atoms. The van der Waals surface area contributed by atoms with Gasteiger partial charge in [0.25, 0.3) is 0 Å². The molecule has 2 N–H and O–H groups in total. The molecule has 8 heteroatoms. The molecule has 1 aromatic heterocycles. The minimum Gasteiger partial charge on any atom is -0.344 e. The monoisotopic (exact) mass is 265 g/mol. The zero-order valence-corrected chi connectivity index (χ0v) is 8.93. The van der Waals surface area contributed by atoms with Gasteiger partial charge in [-0.2, -0.15) is 21.6 Å². The first-order chi connectivity index (χ1) is 7.68. The molecule has 0 amide bonds. The lowest BCUT2D eigenvalue weighted by Gasteiger charge is -2.05. The van der Waals surface area contributed by atoms with Crippen LogP contribution in [0.15, 0.2) is 29.3 Å². The smallest absolute Gasteiger partial charge is 0.344 e. The fourth-order valence-electron chi connectivity index (χ4n) is 1.42. The molecule has 0 fully saturated rings. The Labute approximate surface area is 93.8 Å².